The Morgan fingerprint density at radius 1 is 1.28 bits per heavy atom. The van der Waals surface area contributed by atoms with E-state index >= 15 is 0 Å². The molecule has 0 bridgehead atoms. The van der Waals surface area contributed by atoms with E-state index in [9.17, 15) is 4.79 Å². The van der Waals surface area contributed by atoms with Crippen molar-refractivity contribution in [3.63, 3.8) is 0 Å². The zero-order chi connectivity index (χ0) is 12.4. The molecule has 1 spiro atoms. The average molecular weight is 247 g/mol. The number of nitrogens with zero attached hydrogens (tertiary/aromatic N) is 2. The number of rotatable bonds is 1. The van der Waals surface area contributed by atoms with Gasteiger partial charge in [-0.1, -0.05) is 0 Å². The van der Waals surface area contributed by atoms with Crippen molar-refractivity contribution in [2.75, 3.05) is 31.1 Å². The first-order valence-electron chi connectivity index (χ1n) is 6.34. The van der Waals surface area contributed by atoms with Crippen LogP contribution < -0.4 is 10.2 Å². The zero-order valence-electron chi connectivity index (χ0n) is 10.3. The van der Waals surface area contributed by atoms with Gasteiger partial charge in [0.05, 0.1) is 12.1 Å². The van der Waals surface area contributed by atoms with Crippen LogP contribution in [0.4, 0.5) is 5.69 Å². The molecule has 0 aromatic carbocycles. The predicted octanol–water partition coefficient (Wildman–Crippen LogP) is 0.567. The van der Waals surface area contributed by atoms with Gasteiger partial charge in [0.1, 0.15) is 6.61 Å². The number of piperidine rings is 1. The van der Waals surface area contributed by atoms with E-state index in [0.717, 1.165) is 31.6 Å². The molecular formula is C13H17N3O2. The van der Waals surface area contributed by atoms with Crippen molar-refractivity contribution in [1.29, 1.82) is 0 Å². The fourth-order valence-electron chi connectivity index (χ4n) is 2.66. The lowest BCUT2D eigenvalue weighted by molar-refractivity contribution is -0.141. The fourth-order valence-corrected chi connectivity index (χ4v) is 2.66. The highest BCUT2D eigenvalue weighted by Gasteiger charge is 2.41. The van der Waals surface area contributed by atoms with Gasteiger partial charge in [-0.2, -0.15) is 0 Å². The van der Waals surface area contributed by atoms with E-state index in [0.29, 0.717) is 6.54 Å². The molecule has 2 aliphatic rings. The van der Waals surface area contributed by atoms with E-state index in [1.165, 1.54) is 0 Å². The number of ether oxygens (including phenoxy) is 1. The summed E-state index contributed by atoms with van der Waals surface area (Å²) in [6, 6.07) is 3.75. The molecule has 1 N–H and O–H groups in total. The summed E-state index contributed by atoms with van der Waals surface area (Å²) in [5.41, 5.74) is 0.749. The molecule has 1 amide bonds. The second-order valence-corrected chi connectivity index (χ2v) is 4.91. The van der Waals surface area contributed by atoms with E-state index in [1.54, 1.807) is 12.4 Å². The van der Waals surface area contributed by atoms with Crippen LogP contribution in [-0.2, 0) is 9.53 Å². The number of pyridine rings is 1. The van der Waals surface area contributed by atoms with Crippen molar-refractivity contribution in [2.45, 2.75) is 18.4 Å². The second-order valence-electron chi connectivity index (χ2n) is 4.91. The maximum absolute atomic E-state index is 12.0. The van der Waals surface area contributed by atoms with Crippen molar-refractivity contribution in [3.05, 3.63) is 24.5 Å². The third-order valence-corrected chi connectivity index (χ3v) is 3.74. The van der Waals surface area contributed by atoms with Gasteiger partial charge in [0.15, 0.2) is 0 Å². The highest BCUT2D eigenvalue weighted by Crippen LogP contribution is 2.30. The first-order valence-corrected chi connectivity index (χ1v) is 6.34. The third kappa shape index (κ3) is 2.11. The lowest BCUT2D eigenvalue weighted by Gasteiger charge is -2.44. The molecule has 2 fully saturated rings. The predicted molar refractivity (Wildman–Crippen MR) is 67.4 cm³/mol. The van der Waals surface area contributed by atoms with Crippen LogP contribution in [0.5, 0.6) is 0 Å². The maximum atomic E-state index is 12.0. The molecule has 0 saturated carbocycles. The summed E-state index contributed by atoms with van der Waals surface area (Å²) < 4.78 is 5.82. The minimum absolute atomic E-state index is 0.0327. The molecule has 3 heterocycles. The van der Waals surface area contributed by atoms with Gasteiger partial charge in [-0.25, -0.2) is 0 Å². The molecule has 0 radical (unpaired) electrons. The van der Waals surface area contributed by atoms with Crippen LogP contribution >= 0.6 is 0 Å². The summed E-state index contributed by atoms with van der Waals surface area (Å²) in [5, 5.41) is 3.33. The number of morpholine rings is 1. The molecule has 1 aromatic heterocycles. The summed E-state index contributed by atoms with van der Waals surface area (Å²) in [4.78, 5) is 17.8. The van der Waals surface area contributed by atoms with E-state index in [1.807, 2.05) is 17.0 Å². The first kappa shape index (κ1) is 11.6. The molecule has 0 atom stereocenters. The van der Waals surface area contributed by atoms with Crippen molar-refractivity contribution in [1.82, 2.24) is 10.3 Å². The Morgan fingerprint density at radius 2 is 2.00 bits per heavy atom. The van der Waals surface area contributed by atoms with Crippen LogP contribution in [0, 0.1) is 0 Å². The zero-order valence-corrected chi connectivity index (χ0v) is 10.3. The quantitative estimate of drug-likeness (QED) is 0.788. The molecular weight excluding hydrogens is 230 g/mol. The largest absolute Gasteiger partial charge is 0.363 e. The maximum Gasteiger partial charge on any atom is 0.253 e. The number of amides is 1. The Labute approximate surface area is 106 Å². The van der Waals surface area contributed by atoms with Gasteiger partial charge in [-0.05, 0) is 38.1 Å². The smallest absolute Gasteiger partial charge is 0.253 e. The van der Waals surface area contributed by atoms with Crippen LogP contribution in [0.25, 0.3) is 0 Å². The summed E-state index contributed by atoms with van der Waals surface area (Å²) in [6.07, 6.45) is 5.35. The number of hydrogen-bond acceptors (Lipinski definition) is 4. The minimum atomic E-state index is -0.164. The standard InChI is InChI=1S/C13H17N3O2/c17-12-9-18-13(3-7-15-8-4-13)10-16(12)11-1-5-14-6-2-11/h1-2,5-6,15H,3-4,7-10H2. The second kappa shape index (κ2) is 4.66. The molecule has 96 valence electrons. The number of carbonyl (C=O) groups excluding carboxylic acids is 1. The van der Waals surface area contributed by atoms with E-state index in [4.69, 9.17) is 4.74 Å². The van der Waals surface area contributed by atoms with Crippen LogP contribution in [0.3, 0.4) is 0 Å². The molecule has 0 unspecified atom stereocenters. The van der Waals surface area contributed by atoms with Crippen molar-refractivity contribution in [2.24, 2.45) is 0 Å². The molecule has 0 aliphatic carbocycles. The Kier molecular flexibility index (Phi) is 3.01. The lowest BCUT2D eigenvalue weighted by atomic mass is 9.90. The van der Waals surface area contributed by atoms with Crippen LogP contribution in [-0.4, -0.2) is 42.7 Å². The van der Waals surface area contributed by atoms with Crippen molar-refractivity contribution >= 4 is 11.6 Å². The van der Waals surface area contributed by atoms with Crippen molar-refractivity contribution < 1.29 is 9.53 Å². The van der Waals surface area contributed by atoms with Crippen LogP contribution in [0.1, 0.15) is 12.8 Å². The molecule has 1 aromatic rings. The van der Waals surface area contributed by atoms with E-state index in [2.05, 4.69) is 10.3 Å². The Balaban J connectivity index is 1.83. The first-order chi connectivity index (χ1) is 8.79. The van der Waals surface area contributed by atoms with Gasteiger partial charge in [0.2, 0.25) is 0 Å². The number of anilines is 1. The number of carbonyl (C=O) groups is 1. The molecule has 18 heavy (non-hydrogen) atoms. The number of hydrogen-bond donors (Lipinski definition) is 1. The van der Waals surface area contributed by atoms with Gasteiger partial charge in [-0.3, -0.25) is 9.78 Å². The van der Waals surface area contributed by atoms with E-state index in [-0.39, 0.29) is 18.1 Å². The molecule has 5 nitrogen and oxygen atoms in total. The number of nitrogens with one attached hydrogen (secondary N) is 1. The lowest BCUT2D eigenvalue weighted by Crippen LogP contribution is -2.58. The molecule has 2 saturated heterocycles. The average Bonchev–Trinajstić information content (AvgIpc) is 2.44. The SMILES string of the molecule is O=C1COC2(CCNCC2)CN1c1ccncc1. The molecule has 2 aliphatic heterocycles. The van der Waals surface area contributed by atoms with Crippen LogP contribution in [0.2, 0.25) is 0 Å². The summed E-state index contributed by atoms with van der Waals surface area (Å²) in [5.74, 6) is 0.0327. The molecule has 3 rings (SSSR count). The van der Waals surface area contributed by atoms with Gasteiger partial charge >= 0.3 is 0 Å². The van der Waals surface area contributed by atoms with Gasteiger partial charge in [0, 0.05) is 18.1 Å². The van der Waals surface area contributed by atoms with E-state index < -0.39 is 0 Å². The molecule has 5 heteroatoms. The van der Waals surface area contributed by atoms with Crippen LogP contribution in [0.15, 0.2) is 24.5 Å². The summed E-state index contributed by atoms with van der Waals surface area (Å²) in [7, 11) is 0. The third-order valence-electron chi connectivity index (χ3n) is 3.74. The highest BCUT2D eigenvalue weighted by molar-refractivity contribution is 5.95. The topological polar surface area (TPSA) is 54.5 Å². The van der Waals surface area contributed by atoms with Gasteiger partial charge < -0.3 is 15.0 Å². The van der Waals surface area contributed by atoms with Gasteiger partial charge in [-0.15, -0.1) is 0 Å². The fraction of sp³-hybridized carbons (Fsp3) is 0.538. The Morgan fingerprint density at radius 3 is 2.72 bits per heavy atom. The minimum Gasteiger partial charge on any atom is -0.363 e. The monoisotopic (exact) mass is 247 g/mol. The highest BCUT2D eigenvalue weighted by atomic mass is 16.5. The Bertz CT molecular complexity index is 429. The van der Waals surface area contributed by atoms with Crippen molar-refractivity contribution in [3.8, 4) is 0 Å². The Hall–Kier alpha value is -1.46. The number of aromatic nitrogens is 1. The summed E-state index contributed by atoms with van der Waals surface area (Å²) >= 11 is 0. The van der Waals surface area contributed by atoms with Gasteiger partial charge in [0.25, 0.3) is 5.91 Å². The normalized spacial score (nSPS) is 23.3. The summed E-state index contributed by atoms with van der Waals surface area (Å²) in [6.45, 7) is 2.75.